The van der Waals surface area contributed by atoms with Crippen LogP contribution in [-0.2, 0) is 9.59 Å². The molecule has 3 unspecified atom stereocenters. The topological polar surface area (TPSA) is 84.2 Å². The van der Waals surface area contributed by atoms with E-state index in [1.807, 2.05) is 6.92 Å². The lowest BCUT2D eigenvalue weighted by Crippen LogP contribution is -2.43. The van der Waals surface area contributed by atoms with Crippen LogP contribution in [-0.4, -0.2) is 30.9 Å². The normalized spacial score (nSPS) is 28.5. The van der Waals surface area contributed by atoms with Crippen molar-refractivity contribution in [3.05, 3.63) is 0 Å². The maximum absolute atomic E-state index is 11.8. The van der Waals surface area contributed by atoms with Gasteiger partial charge in [-0.1, -0.05) is 6.92 Å². The first-order chi connectivity index (χ1) is 8.04. The Bertz CT molecular complexity index is 281. The predicted octanol–water partition coefficient (Wildman–Crippen LogP) is 0.00220. The van der Waals surface area contributed by atoms with E-state index in [0.717, 1.165) is 19.3 Å². The zero-order chi connectivity index (χ0) is 12.8. The van der Waals surface area contributed by atoms with Crippen LogP contribution >= 0.6 is 0 Å². The summed E-state index contributed by atoms with van der Waals surface area (Å²) in [4.78, 5) is 23.0. The highest BCUT2D eigenvalue weighted by Crippen LogP contribution is 2.27. The molecule has 4 N–H and O–H groups in total. The SMILES string of the molecule is CCNC(=O)CNC(=O)C1CCC(N)C(C)C1. The summed E-state index contributed by atoms with van der Waals surface area (Å²) < 4.78 is 0. The number of hydrogen-bond donors (Lipinski definition) is 3. The Morgan fingerprint density at radius 2 is 2.00 bits per heavy atom. The molecule has 0 aromatic carbocycles. The molecule has 98 valence electrons. The van der Waals surface area contributed by atoms with Gasteiger partial charge in [-0.05, 0) is 32.1 Å². The van der Waals surface area contributed by atoms with Gasteiger partial charge in [-0.25, -0.2) is 0 Å². The van der Waals surface area contributed by atoms with Gasteiger partial charge in [-0.3, -0.25) is 9.59 Å². The first-order valence-electron chi connectivity index (χ1n) is 6.34. The Morgan fingerprint density at radius 1 is 1.29 bits per heavy atom. The molecule has 0 heterocycles. The molecule has 1 fully saturated rings. The maximum atomic E-state index is 11.8. The van der Waals surface area contributed by atoms with Crippen molar-refractivity contribution in [1.29, 1.82) is 0 Å². The van der Waals surface area contributed by atoms with Crippen LogP contribution in [0.3, 0.4) is 0 Å². The van der Waals surface area contributed by atoms with Gasteiger partial charge in [0.25, 0.3) is 0 Å². The van der Waals surface area contributed by atoms with Crippen molar-refractivity contribution in [3.8, 4) is 0 Å². The zero-order valence-corrected chi connectivity index (χ0v) is 10.7. The van der Waals surface area contributed by atoms with E-state index in [9.17, 15) is 9.59 Å². The van der Waals surface area contributed by atoms with Crippen LogP contribution in [0.5, 0.6) is 0 Å². The lowest BCUT2D eigenvalue weighted by molar-refractivity contribution is -0.129. The molecule has 1 aliphatic carbocycles. The summed E-state index contributed by atoms with van der Waals surface area (Å²) in [6.07, 6.45) is 2.54. The molecule has 17 heavy (non-hydrogen) atoms. The lowest BCUT2D eigenvalue weighted by atomic mass is 9.79. The van der Waals surface area contributed by atoms with Crippen molar-refractivity contribution in [2.24, 2.45) is 17.6 Å². The van der Waals surface area contributed by atoms with Crippen molar-refractivity contribution < 1.29 is 9.59 Å². The highest BCUT2D eigenvalue weighted by Gasteiger charge is 2.29. The maximum Gasteiger partial charge on any atom is 0.239 e. The van der Waals surface area contributed by atoms with Crippen molar-refractivity contribution in [2.45, 2.75) is 39.2 Å². The van der Waals surface area contributed by atoms with Crippen molar-refractivity contribution in [1.82, 2.24) is 10.6 Å². The number of carbonyl (C=O) groups is 2. The first-order valence-corrected chi connectivity index (χ1v) is 6.34. The van der Waals surface area contributed by atoms with Crippen LogP contribution in [0.4, 0.5) is 0 Å². The molecule has 0 spiro atoms. The van der Waals surface area contributed by atoms with Gasteiger partial charge in [-0.2, -0.15) is 0 Å². The summed E-state index contributed by atoms with van der Waals surface area (Å²) in [5.74, 6) is 0.236. The second-order valence-electron chi connectivity index (χ2n) is 4.82. The largest absolute Gasteiger partial charge is 0.355 e. The van der Waals surface area contributed by atoms with Gasteiger partial charge >= 0.3 is 0 Å². The van der Waals surface area contributed by atoms with E-state index in [0.29, 0.717) is 12.5 Å². The van der Waals surface area contributed by atoms with Crippen LogP contribution in [0.25, 0.3) is 0 Å². The van der Waals surface area contributed by atoms with Crippen LogP contribution < -0.4 is 16.4 Å². The van der Waals surface area contributed by atoms with Crippen LogP contribution in [0, 0.1) is 11.8 Å². The molecule has 1 rings (SSSR count). The van der Waals surface area contributed by atoms with Crippen LogP contribution in [0.2, 0.25) is 0 Å². The molecule has 0 radical (unpaired) electrons. The molecule has 0 aliphatic heterocycles. The third-order valence-corrected chi connectivity index (χ3v) is 3.40. The van der Waals surface area contributed by atoms with E-state index in [2.05, 4.69) is 17.6 Å². The number of carbonyl (C=O) groups excluding carboxylic acids is 2. The third kappa shape index (κ3) is 4.34. The van der Waals surface area contributed by atoms with Crippen LogP contribution in [0.1, 0.15) is 33.1 Å². The number of rotatable bonds is 4. The summed E-state index contributed by atoms with van der Waals surface area (Å²) >= 11 is 0. The monoisotopic (exact) mass is 241 g/mol. The van der Waals surface area contributed by atoms with Gasteiger partial charge < -0.3 is 16.4 Å². The average Bonchev–Trinajstić information content (AvgIpc) is 2.30. The van der Waals surface area contributed by atoms with Crippen LogP contribution in [0.15, 0.2) is 0 Å². The molecule has 1 saturated carbocycles. The minimum absolute atomic E-state index is 0.0132. The number of hydrogen-bond acceptors (Lipinski definition) is 3. The standard InChI is InChI=1S/C12H23N3O2/c1-3-14-11(16)7-15-12(17)9-4-5-10(13)8(2)6-9/h8-10H,3-7,13H2,1-2H3,(H,14,16)(H,15,17). The van der Waals surface area contributed by atoms with E-state index < -0.39 is 0 Å². The summed E-state index contributed by atoms with van der Waals surface area (Å²) in [7, 11) is 0. The summed E-state index contributed by atoms with van der Waals surface area (Å²) in [5.41, 5.74) is 5.91. The van der Waals surface area contributed by atoms with Gasteiger partial charge in [0.05, 0.1) is 6.54 Å². The Balaban J connectivity index is 2.31. The second kappa shape index (κ2) is 6.59. The number of nitrogens with two attached hydrogens (primary N) is 1. The number of likely N-dealkylation sites (N-methyl/N-ethyl adjacent to an activating group) is 1. The smallest absolute Gasteiger partial charge is 0.239 e. The van der Waals surface area contributed by atoms with Crippen molar-refractivity contribution in [3.63, 3.8) is 0 Å². The quantitative estimate of drug-likeness (QED) is 0.648. The lowest BCUT2D eigenvalue weighted by Gasteiger charge is -2.30. The minimum Gasteiger partial charge on any atom is -0.355 e. The second-order valence-corrected chi connectivity index (χ2v) is 4.82. The fourth-order valence-electron chi connectivity index (χ4n) is 2.23. The third-order valence-electron chi connectivity index (χ3n) is 3.40. The van der Waals surface area contributed by atoms with E-state index >= 15 is 0 Å². The highest BCUT2D eigenvalue weighted by molar-refractivity contribution is 5.85. The van der Waals surface area contributed by atoms with E-state index in [-0.39, 0.29) is 30.3 Å². The molecule has 2 amide bonds. The fraction of sp³-hybridized carbons (Fsp3) is 0.833. The molecule has 0 saturated heterocycles. The molecule has 3 atom stereocenters. The van der Waals surface area contributed by atoms with E-state index in [4.69, 9.17) is 5.73 Å². The van der Waals surface area contributed by atoms with Gasteiger partial charge in [0.2, 0.25) is 11.8 Å². The Hall–Kier alpha value is -1.10. The number of nitrogens with one attached hydrogen (secondary N) is 2. The van der Waals surface area contributed by atoms with E-state index in [1.165, 1.54) is 0 Å². The van der Waals surface area contributed by atoms with E-state index in [1.54, 1.807) is 0 Å². The van der Waals surface area contributed by atoms with Gasteiger partial charge in [0.15, 0.2) is 0 Å². The molecular formula is C12H23N3O2. The Labute approximate surface area is 103 Å². The fourth-order valence-corrected chi connectivity index (χ4v) is 2.23. The van der Waals surface area contributed by atoms with Gasteiger partial charge in [-0.15, -0.1) is 0 Å². The summed E-state index contributed by atoms with van der Waals surface area (Å²) in [6.45, 7) is 4.59. The number of amides is 2. The molecular weight excluding hydrogens is 218 g/mol. The molecule has 0 bridgehead atoms. The Morgan fingerprint density at radius 3 is 2.59 bits per heavy atom. The molecule has 0 aromatic rings. The predicted molar refractivity (Wildman–Crippen MR) is 66.2 cm³/mol. The van der Waals surface area contributed by atoms with Gasteiger partial charge in [0.1, 0.15) is 0 Å². The van der Waals surface area contributed by atoms with Crippen molar-refractivity contribution in [2.75, 3.05) is 13.1 Å². The summed E-state index contributed by atoms with van der Waals surface area (Å²) in [6, 6.07) is 0.211. The Kier molecular flexibility index (Phi) is 5.41. The first kappa shape index (κ1) is 14.0. The molecule has 5 nitrogen and oxygen atoms in total. The molecule has 5 heteroatoms. The zero-order valence-electron chi connectivity index (χ0n) is 10.7. The van der Waals surface area contributed by atoms with Crippen molar-refractivity contribution >= 4 is 11.8 Å². The summed E-state index contributed by atoms with van der Waals surface area (Å²) in [5, 5.41) is 5.33. The minimum atomic E-state index is -0.138. The highest BCUT2D eigenvalue weighted by atomic mass is 16.2. The van der Waals surface area contributed by atoms with Gasteiger partial charge in [0, 0.05) is 18.5 Å². The molecule has 0 aromatic heterocycles. The molecule has 1 aliphatic rings. The average molecular weight is 241 g/mol.